The number of aromatic nitrogens is 3. The highest BCUT2D eigenvalue weighted by Gasteiger charge is 2.01. The van der Waals surface area contributed by atoms with Gasteiger partial charge in [-0.3, -0.25) is 4.68 Å². The third kappa shape index (κ3) is 2.15. The van der Waals surface area contributed by atoms with Gasteiger partial charge in [0.05, 0.1) is 0 Å². The molecule has 66 valence electrons. The van der Waals surface area contributed by atoms with Crippen molar-refractivity contribution in [2.45, 2.75) is 32.7 Å². The van der Waals surface area contributed by atoms with Crippen LogP contribution < -0.4 is 0 Å². The quantitative estimate of drug-likeness (QED) is 0.610. The lowest BCUT2D eigenvalue weighted by Gasteiger charge is -2.01. The Bertz CT molecular complexity index is 244. The molecule has 0 radical (unpaired) electrons. The smallest absolute Gasteiger partial charge is 0.138 e. The molecule has 0 atom stereocenters. The molecule has 1 heterocycles. The first-order valence-electron chi connectivity index (χ1n) is 4.18. The molecule has 0 saturated carbocycles. The van der Waals surface area contributed by atoms with E-state index < -0.39 is 0 Å². The van der Waals surface area contributed by atoms with Gasteiger partial charge < -0.3 is 4.79 Å². The molecule has 0 aromatic carbocycles. The van der Waals surface area contributed by atoms with Crippen LogP contribution in [0.15, 0.2) is 6.33 Å². The van der Waals surface area contributed by atoms with Crippen LogP contribution in [0.4, 0.5) is 0 Å². The van der Waals surface area contributed by atoms with Crippen molar-refractivity contribution in [3.05, 3.63) is 12.2 Å². The molecule has 0 aliphatic heterocycles. The molecule has 0 aliphatic rings. The number of hydrogen-bond donors (Lipinski definition) is 0. The third-order valence-corrected chi connectivity index (χ3v) is 1.62. The van der Waals surface area contributed by atoms with E-state index in [2.05, 4.69) is 17.0 Å². The summed E-state index contributed by atoms with van der Waals surface area (Å²) in [6.45, 7) is 2.97. The van der Waals surface area contributed by atoms with E-state index >= 15 is 0 Å². The highest BCUT2D eigenvalue weighted by atomic mass is 16.1. The van der Waals surface area contributed by atoms with E-state index in [0.717, 1.165) is 25.1 Å². The van der Waals surface area contributed by atoms with Crippen molar-refractivity contribution >= 4 is 6.29 Å². The molecule has 12 heavy (non-hydrogen) atoms. The van der Waals surface area contributed by atoms with Crippen molar-refractivity contribution in [2.75, 3.05) is 0 Å². The van der Waals surface area contributed by atoms with E-state index in [-0.39, 0.29) is 0 Å². The van der Waals surface area contributed by atoms with E-state index in [1.165, 1.54) is 6.33 Å². The SMILES string of the molecule is CCCn1ncnc1CCC=O. The maximum Gasteiger partial charge on any atom is 0.138 e. The monoisotopic (exact) mass is 167 g/mol. The molecule has 1 aromatic rings. The topological polar surface area (TPSA) is 47.8 Å². The zero-order valence-corrected chi connectivity index (χ0v) is 7.23. The lowest BCUT2D eigenvalue weighted by Crippen LogP contribution is -2.05. The van der Waals surface area contributed by atoms with E-state index in [0.29, 0.717) is 12.8 Å². The zero-order valence-electron chi connectivity index (χ0n) is 7.23. The Morgan fingerprint density at radius 1 is 1.67 bits per heavy atom. The fourth-order valence-electron chi connectivity index (χ4n) is 1.07. The second-order valence-electron chi connectivity index (χ2n) is 2.60. The minimum Gasteiger partial charge on any atom is -0.303 e. The molecule has 0 spiro atoms. The summed E-state index contributed by atoms with van der Waals surface area (Å²) < 4.78 is 1.85. The molecule has 0 amide bonds. The second kappa shape index (κ2) is 4.64. The zero-order chi connectivity index (χ0) is 8.81. The van der Waals surface area contributed by atoms with Crippen LogP contribution in [-0.4, -0.2) is 21.1 Å². The summed E-state index contributed by atoms with van der Waals surface area (Å²) in [7, 11) is 0. The van der Waals surface area contributed by atoms with Gasteiger partial charge in [-0.05, 0) is 6.42 Å². The second-order valence-corrected chi connectivity index (χ2v) is 2.60. The summed E-state index contributed by atoms with van der Waals surface area (Å²) in [4.78, 5) is 14.2. The van der Waals surface area contributed by atoms with E-state index in [9.17, 15) is 4.79 Å². The predicted octanol–water partition coefficient (Wildman–Crippen LogP) is 0.820. The van der Waals surface area contributed by atoms with Gasteiger partial charge in [0.15, 0.2) is 0 Å². The van der Waals surface area contributed by atoms with Crippen LogP contribution in [0, 0.1) is 0 Å². The molecular formula is C8H13N3O. The molecular weight excluding hydrogens is 154 g/mol. The predicted molar refractivity (Wildman–Crippen MR) is 44.7 cm³/mol. The Labute approximate surface area is 71.6 Å². The summed E-state index contributed by atoms with van der Waals surface area (Å²) in [5.74, 6) is 0.906. The van der Waals surface area contributed by atoms with Crippen LogP contribution in [0.25, 0.3) is 0 Å². The number of carbonyl (C=O) groups excluding carboxylic acids is 1. The van der Waals surface area contributed by atoms with Gasteiger partial charge in [-0.2, -0.15) is 5.10 Å². The number of rotatable bonds is 5. The van der Waals surface area contributed by atoms with Gasteiger partial charge in [0.25, 0.3) is 0 Å². The van der Waals surface area contributed by atoms with Gasteiger partial charge in [-0.1, -0.05) is 6.92 Å². The van der Waals surface area contributed by atoms with E-state index in [1.807, 2.05) is 4.68 Å². The van der Waals surface area contributed by atoms with Gasteiger partial charge >= 0.3 is 0 Å². The number of carbonyl (C=O) groups is 1. The summed E-state index contributed by atoms with van der Waals surface area (Å²) in [5.41, 5.74) is 0. The minimum atomic E-state index is 0.530. The van der Waals surface area contributed by atoms with Gasteiger partial charge in [-0.15, -0.1) is 0 Å². The van der Waals surface area contributed by atoms with Crippen LogP contribution in [-0.2, 0) is 17.8 Å². The molecule has 4 heteroatoms. The van der Waals surface area contributed by atoms with Gasteiger partial charge in [0, 0.05) is 19.4 Å². The number of aryl methyl sites for hydroxylation is 2. The number of nitrogens with zero attached hydrogens (tertiary/aromatic N) is 3. The largest absolute Gasteiger partial charge is 0.303 e. The maximum atomic E-state index is 10.1. The lowest BCUT2D eigenvalue weighted by atomic mass is 10.3. The molecule has 1 rings (SSSR count). The van der Waals surface area contributed by atoms with Crippen LogP contribution in [0.1, 0.15) is 25.6 Å². The first-order valence-corrected chi connectivity index (χ1v) is 4.18. The Morgan fingerprint density at radius 3 is 3.17 bits per heavy atom. The average Bonchev–Trinajstić information content (AvgIpc) is 2.50. The van der Waals surface area contributed by atoms with Gasteiger partial charge in [-0.25, -0.2) is 4.98 Å². The Kier molecular flexibility index (Phi) is 3.44. The molecule has 0 aliphatic carbocycles. The first kappa shape index (κ1) is 8.90. The maximum absolute atomic E-state index is 10.1. The minimum absolute atomic E-state index is 0.530. The molecule has 0 unspecified atom stereocenters. The van der Waals surface area contributed by atoms with Crippen molar-refractivity contribution in [2.24, 2.45) is 0 Å². The first-order chi connectivity index (χ1) is 5.88. The number of aldehydes is 1. The van der Waals surface area contributed by atoms with Crippen LogP contribution in [0.5, 0.6) is 0 Å². The Hall–Kier alpha value is -1.19. The van der Waals surface area contributed by atoms with Crippen LogP contribution in [0.3, 0.4) is 0 Å². The van der Waals surface area contributed by atoms with E-state index in [4.69, 9.17) is 0 Å². The fourth-order valence-corrected chi connectivity index (χ4v) is 1.07. The van der Waals surface area contributed by atoms with Crippen molar-refractivity contribution in [1.82, 2.24) is 14.8 Å². The van der Waals surface area contributed by atoms with Crippen molar-refractivity contribution in [3.63, 3.8) is 0 Å². The summed E-state index contributed by atoms with van der Waals surface area (Å²) >= 11 is 0. The van der Waals surface area contributed by atoms with Crippen molar-refractivity contribution in [3.8, 4) is 0 Å². The third-order valence-electron chi connectivity index (χ3n) is 1.62. The van der Waals surface area contributed by atoms with Crippen LogP contribution in [0.2, 0.25) is 0 Å². The van der Waals surface area contributed by atoms with Gasteiger partial charge in [0.2, 0.25) is 0 Å². The Morgan fingerprint density at radius 2 is 2.50 bits per heavy atom. The summed E-state index contributed by atoms with van der Waals surface area (Å²) in [6.07, 6.45) is 4.71. The summed E-state index contributed by atoms with van der Waals surface area (Å²) in [5, 5.41) is 4.05. The van der Waals surface area contributed by atoms with Crippen LogP contribution >= 0.6 is 0 Å². The normalized spacial score (nSPS) is 10.1. The highest BCUT2D eigenvalue weighted by molar-refractivity contribution is 5.49. The van der Waals surface area contributed by atoms with Crippen molar-refractivity contribution < 1.29 is 4.79 Å². The fraction of sp³-hybridized carbons (Fsp3) is 0.625. The molecule has 0 N–H and O–H groups in total. The molecule has 0 fully saturated rings. The molecule has 1 aromatic heterocycles. The molecule has 0 bridgehead atoms. The van der Waals surface area contributed by atoms with Crippen molar-refractivity contribution in [1.29, 1.82) is 0 Å². The standard InChI is InChI=1S/C8H13N3O/c1-2-5-11-8(4-3-6-12)9-7-10-11/h6-7H,2-5H2,1H3. The Balaban J connectivity index is 2.56. The van der Waals surface area contributed by atoms with Gasteiger partial charge in [0.1, 0.15) is 18.4 Å². The molecule has 4 nitrogen and oxygen atoms in total. The average molecular weight is 167 g/mol. The number of hydrogen-bond acceptors (Lipinski definition) is 3. The van der Waals surface area contributed by atoms with E-state index in [1.54, 1.807) is 0 Å². The highest BCUT2D eigenvalue weighted by Crippen LogP contribution is 1.98. The summed E-state index contributed by atoms with van der Waals surface area (Å²) in [6, 6.07) is 0. The lowest BCUT2D eigenvalue weighted by molar-refractivity contribution is -0.107. The molecule has 0 saturated heterocycles.